The molecule has 0 bridgehead atoms. The summed E-state index contributed by atoms with van der Waals surface area (Å²) in [6.45, 7) is 7.65. The predicted molar refractivity (Wildman–Crippen MR) is 104 cm³/mol. The second-order valence-electron chi connectivity index (χ2n) is 7.75. The van der Waals surface area contributed by atoms with Crippen LogP contribution in [-0.4, -0.2) is 36.6 Å². The van der Waals surface area contributed by atoms with Crippen molar-refractivity contribution in [2.24, 2.45) is 5.92 Å². The van der Waals surface area contributed by atoms with Crippen LogP contribution in [0.4, 0.5) is 0 Å². The van der Waals surface area contributed by atoms with Gasteiger partial charge in [0.25, 0.3) is 0 Å². The van der Waals surface area contributed by atoms with Crippen molar-refractivity contribution in [3.63, 3.8) is 0 Å². The number of hydrogen-bond acceptors (Lipinski definition) is 3. The third-order valence-electron chi connectivity index (χ3n) is 5.78. The molecule has 1 saturated heterocycles. The van der Waals surface area contributed by atoms with E-state index in [-0.39, 0.29) is 0 Å². The van der Waals surface area contributed by atoms with Crippen molar-refractivity contribution in [3.8, 4) is 5.88 Å². The Labute approximate surface area is 152 Å². The molecular formula is C22H32N2O. The maximum atomic E-state index is 5.85. The predicted octanol–water partition coefficient (Wildman–Crippen LogP) is 4.96. The summed E-state index contributed by atoms with van der Waals surface area (Å²) in [5, 5.41) is 0. The minimum Gasteiger partial charge on any atom is -0.478 e. The second kappa shape index (κ2) is 8.66. The quantitative estimate of drug-likeness (QED) is 0.684. The van der Waals surface area contributed by atoms with E-state index in [9.17, 15) is 0 Å². The third kappa shape index (κ3) is 5.18. The average molecular weight is 341 g/mol. The Morgan fingerprint density at radius 2 is 1.96 bits per heavy atom. The molecule has 3 rings (SSSR count). The zero-order valence-electron chi connectivity index (χ0n) is 16.0. The average Bonchev–Trinajstić information content (AvgIpc) is 2.63. The van der Waals surface area contributed by atoms with Gasteiger partial charge in [0, 0.05) is 18.2 Å². The van der Waals surface area contributed by atoms with E-state index < -0.39 is 0 Å². The van der Waals surface area contributed by atoms with E-state index in [1.54, 1.807) is 0 Å². The minimum atomic E-state index is 0.453. The Kier molecular flexibility index (Phi) is 6.30. The van der Waals surface area contributed by atoms with E-state index in [1.807, 2.05) is 12.3 Å². The highest BCUT2D eigenvalue weighted by Crippen LogP contribution is 2.30. The molecule has 0 N–H and O–H groups in total. The SMILES string of the molecule is CC1=CCC(c2ccc(OCCCC3CCN(C)CC3)nc2)C=C1C. The van der Waals surface area contributed by atoms with Gasteiger partial charge in [0.1, 0.15) is 0 Å². The molecule has 1 aromatic rings. The number of rotatable bonds is 6. The number of pyridine rings is 1. The van der Waals surface area contributed by atoms with Crippen molar-refractivity contribution >= 4 is 0 Å². The van der Waals surface area contributed by atoms with E-state index in [4.69, 9.17) is 4.74 Å². The number of likely N-dealkylation sites (tertiary alicyclic amines) is 1. The summed E-state index contributed by atoms with van der Waals surface area (Å²) in [5.74, 6) is 2.10. The number of hydrogen-bond donors (Lipinski definition) is 0. The lowest BCUT2D eigenvalue weighted by Gasteiger charge is -2.28. The number of nitrogens with zero attached hydrogens (tertiary/aromatic N) is 2. The molecule has 0 aromatic carbocycles. The number of allylic oxidation sites excluding steroid dienone is 4. The summed E-state index contributed by atoms with van der Waals surface area (Å²) in [4.78, 5) is 6.94. The topological polar surface area (TPSA) is 25.4 Å². The van der Waals surface area contributed by atoms with E-state index >= 15 is 0 Å². The van der Waals surface area contributed by atoms with Crippen molar-refractivity contribution in [2.75, 3.05) is 26.7 Å². The molecule has 1 fully saturated rings. The van der Waals surface area contributed by atoms with E-state index in [2.05, 4.69) is 49.0 Å². The molecule has 1 unspecified atom stereocenters. The maximum absolute atomic E-state index is 5.85. The van der Waals surface area contributed by atoms with Gasteiger partial charge in [-0.2, -0.15) is 0 Å². The van der Waals surface area contributed by atoms with Crippen molar-refractivity contribution < 1.29 is 4.74 Å². The molecule has 1 atom stereocenters. The van der Waals surface area contributed by atoms with Crippen LogP contribution in [0, 0.1) is 5.92 Å². The van der Waals surface area contributed by atoms with Crippen LogP contribution >= 0.6 is 0 Å². The smallest absolute Gasteiger partial charge is 0.213 e. The van der Waals surface area contributed by atoms with E-state index in [0.29, 0.717) is 5.92 Å². The third-order valence-corrected chi connectivity index (χ3v) is 5.78. The van der Waals surface area contributed by atoms with Gasteiger partial charge in [-0.15, -0.1) is 0 Å². The van der Waals surface area contributed by atoms with Crippen LogP contribution in [-0.2, 0) is 0 Å². The Bertz CT molecular complexity index is 609. The Hall–Kier alpha value is -1.61. The molecule has 3 heteroatoms. The molecule has 1 aromatic heterocycles. The molecule has 25 heavy (non-hydrogen) atoms. The minimum absolute atomic E-state index is 0.453. The monoisotopic (exact) mass is 340 g/mol. The fourth-order valence-corrected chi connectivity index (χ4v) is 3.79. The molecule has 0 spiro atoms. The van der Waals surface area contributed by atoms with Gasteiger partial charge < -0.3 is 9.64 Å². The first-order valence-electron chi connectivity index (χ1n) is 9.74. The van der Waals surface area contributed by atoms with Crippen LogP contribution in [0.1, 0.15) is 57.4 Å². The summed E-state index contributed by atoms with van der Waals surface area (Å²) < 4.78 is 5.85. The van der Waals surface area contributed by atoms with Crippen molar-refractivity contribution in [2.45, 2.75) is 51.9 Å². The maximum Gasteiger partial charge on any atom is 0.213 e. The van der Waals surface area contributed by atoms with E-state index in [0.717, 1.165) is 31.2 Å². The van der Waals surface area contributed by atoms with Crippen molar-refractivity contribution in [1.29, 1.82) is 0 Å². The van der Waals surface area contributed by atoms with Gasteiger partial charge in [-0.1, -0.05) is 29.4 Å². The van der Waals surface area contributed by atoms with Crippen LogP contribution in [0.25, 0.3) is 0 Å². The molecular weight excluding hydrogens is 308 g/mol. The van der Waals surface area contributed by atoms with Crippen molar-refractivity contribution in [1.82, 2.24) is 9.88 Å². The fraction of sp³-hybridized carbons (Fsp3) is 0.591. The zero-order valence-corrected chi connectivity index (χ0v) is 16.0. The molecule has 1 aliphatic carbocycles. The van der Waals surface area contributed by atoms with Gasteiger partial charge >= 0.3 is 0 Å². The highest BCUT2D eigenvalue weighted by atomic mass is 16.5. The van der Waals surface area contributed by atoms with Crippen LogP contribution < -0.4 is 4.74 Å². The largest absolute Gasteiger partial charge is 0.478 e. The molecule has 0 amide bonds. The summed E-state index contributed by atoms with van der Waals surface area (Å²) in [6, 6.07) is 4.20. The van der Waals surface area contributed by atoms with Gasteiger partial charge in [0.2, 0.25) is 5.88 Å². The van der Waals surface area contributed by atoms with Gasteiger partial charge in [0.05, 0.1) is 6.61 Å². The molecule has 0 saturated carbocycles. The highest BCUT2D eigenvalue weighted by Gasteiger charge is 2.16. The lowest BCUT2D eigenvalue weighted by molar-refractivity contribution is 0.199. The zero-order chi connectivity index (χ0) is 17.6. The number of aromatic nitrogens is 1. The normalized spacial score (nSPS) is 22.4. The summed E-state index contributed by atoms with van der Waals surface area (Å²) in [6.07, 6.45) is 12.8. The lowest BCUT2D eigenvalue weighted by atomic mass is 9.88. The van der Waals surface area contributed by atoms with Gasteiger partial charge in [-0.05, 0) is 77.6 Å². The second-order valence-corrected chi connectivity index (χ2v) is 7.75. The molecule has 2 aliphatic rings. The standard InChI is InChI=1S/C22H32N2O/c1-17-6-7-20(15-18(17)2)21-8-9-22(23-16-21)25-14-4-5-19-10-12-24(3)13-11-19/h6,8-9,15-16,19-20H,4-5,7,10-14H2,1-3H3. The highest BCUT2D eigenvalue weighted by molar-refractivity contribution is 5.37. The first kappa shape index (κ1) is 18.2. The van der Waals surface area contributed by atoms with Crippen LogP contribution in [0.15, 0.2) is 41.6 Å². The first-order chi connectivity index (χ1) is 12.1. The number of ether oxygens (including phenoxy) is 1. The summed E-state index contributed by atoms with van der Waals surface area (Å²) in [5.41, 5.74) is 4.06. The molecule has 1 aliphatic heterocycles. The molecule has 136 valence electrons. The molecule has 2 heterocycles. The van der Waals surface area contributed by atoms with Gasteiger partial charge in [-0.3, -0.25) is 0 Å². The molecule has 3 nitrogen and oxygen atoms in total. The van der Waals surface area contributed by atoms with Crippen LogP contribution in [0.3, 0.4) is 0 Å². The molecule has 0 radical (unpaired) electrons. The summed E-state index contributed by atoms with van der Waals surface area (Å²) in [7, 11) is 2.22. The van der Waals surface area contributed by atoms with Gasteiger partial charge in [-0.25, -0.2) is 4.98 Å². The number of piperidine rings is 1. The lowest BCUT2D eigenvalue weighted by Crippen LogP contribution is -2.30. The Balaban J connectivity index is 1.41. The van der Waals surface area contributed by atoms with Crippen molar-refractivity contribution in [3.05, 3.63) is 47.2 Å². The van der Waals surface area contributed by atoms with Crippen LogP contribution in [0.2, 0.25) is 0 Å². The fourth-order valence-electron chi connectivity index (χ4n) is 3.79. The first-order valence-corrected chi connectivity index (χ1v) is 9.74. The van der Waals surface area contributed by atoms with Crippen LogP contribution in [0.5, 0.6) is 5.88 Å². The Morgan fingerprint density at radius 3 is 2.64 bits per heavy atom. The Morgan fingerprint density at radius 1 is 1.16 bits per heavy atom. The summed E-state index contributed by atoms with van der Waals surface area (Å²) >= 11 is 0. The van der Waals surface area contributed by atoms with E-state index in [1.165, 1.54) is 49.1 Å². The van der Waals surface area contributed by atoms with Gasteiger partial charge in [0.15, 0.2) is 0 Å².